The summed E-state index contributed by atoms with van der Waals surface area (Å²) in [6.07, 6.45) is 6.37. The second-order valence-electron chi connectivity index (χ2n) is 5.86. The van der Waals surface area contributed by atoms with Gasteiger partial charge in [-0.05, 0) is 38.8 Å². The quantitative estimate of drug-likeness (QED) is 0.688. The number of nitrogens with one attached hydrogen (secondary N) is 1. The third kappa shape index (κ3) is 4.94. The first-order valence-corrected chi connectivity index (χ1v) is 7.25. The highest BCUT2D eigenvalue weighted by Gasteiger charge is 2.26. The van der Waals surface area contributed by atoms with Gasteiger partial charge in [0, 0.05) is 12.6 Å². The monoisotopic (exact) mass is 255 g/mol. The van der Waals surface area contributed by atoms with Crippen molar-refractivity contribution >= 4 is 5.91 Å². The largest absolute Gasteiger partial charge is 0.368 e. The van der Waals surface area contributed by atoms with Gasteiger partial charge in [-0.2, -0.15) is 0 Å². The molecule has 18 heavy (non-hydrogen) atoms. The van der Waals surface area contributed by atoms with Gasteiger partial charge in [-0.25, -0.2) is 0 Å². The Kier molecular flexibility index (Phi) is 6.65. The Balaban J connectivity index is 2.54. The van der Waals surface area contributed by atoms with Gasteiger partial charge < -0.3 is 11.1 Å². The zero-order chi connectivity index (χ0) is 13.5. The molecule has 0 aromatic rings. The van der Waals surface area contributed by atoms with Gasteiger partial charge in [-0.1, -0.05) is 26.7 Å². The average molecular weight is 255 g/mol. The minimum atomic E-state index is -0.245. The van der Waals surface area contributed by atoms with Crippen LogP contribution >= 0.6 is 0 Å². The van der Waals surface area contributed by atoms with Crippen LogP contribution in [0.3, 0.4) is 0 Å². The molecule has 0 radical (unpaired) electrons. The minimum Gasteiger partial charge on any atom is -0.368 e. The van der Waals surface area contributed by atoms with Crippen molar-refractivity contribution in [3.63, 3.8) is 0 Å². The van der Waals surface area contributed by atoms with Gasteiger partial charge in [-0.3, -0.25) is 9.69 Å². The summed E-state index contributed by atoms with van der Waals surface area (Å²) in [4.78, 5) is 13.8. The molecule has 0 spiro atoms. The molecular weight excluding hydrogens is 226 g/mol. The van der Waals surface area contributed by atoms with Gasteiger partial charge in [0.1, 0.15) is 0 Å². The highest BCUT2D eigenvalue weighted by molar-refractivity contribution is 5.80. The fraction of sp³-hybridized carbons (Fsp3) is 0.929. The maximum atomic E-state index is 11.4. The van der Waals surface area contributed by atoms with E-state index in [1.165, 1.54) is 32.1 Å². The van der Waals surface area contributed by atoms with E-state index in [0.29, 0.717) is 12.0 Å². The molecule has 106 valence electrons. The molecule has 0 aromatic heterocycles. The second-order valence-corrected chi connectivity index (χ2v) is 5.86. The first kappa shape index (κ1) is 15.4. The van der Waals surface area contributed by atoms with E-state index in [0.717, 1.165) is 13.1 Å². The van der Waals surface area contributed by atoms with Gasteiger partial charge in [0.15, 0.2) is 0 Å². The van der Waals surface area contributed by atoms with Gasteiger partial charge in [0.2, 0.25) is 5.91 Å². The van der Waals surface area contributed by atoms with E-state index in [1.807, 2.05) is 7.05 Å². The fourth-order valence-corrected chi connectivity index (χ4v) is 2.67. The predicted molar refractivity (Wildman–Crippen MR) is 75.3 cm³/mol. The Morgan fingerprint density at radius 2 is 2.00 bits per heavy atom. The predicted octanol–water partition coefficient (Wildman–Crippen LogP) is 1.35. The number of nitrogens with zero attached hydrogens (tertiary/aromatic N) is 1. The van der Waals surface area contributed by atoms with E-state index in [1.54, 1.807) is 0 Å². The second kappa shape index (κ2) is 7.74. The summed E-state index contributed by atoms with van der Waals surface area (Å²) < 4.78 is 0. The highest BCUT2D eigenvalue weighted by Crippen LogP contribution is 2.24. The lowest BCUT2D eigenvalue weighted by Gasteiger charge is -2.31. The van der Waals surface area contributed by atoms with Crippen LogP contribution in [-0.4, -0.2) is 43.0 Å². The van der Waals surface area contributed by atoms with Crippen LogP contribution in [0.4, 0.5) is 0 Å². The lowest BCUT2D eigenvalue weighted by Crippen LogP contribution is -2.50. The Morgan fingerprint density at radius 3 is 2.44 bits per heavy atom. The Bertz CT molecular complexity index is 249. The molecule has 3 N–H and O–H groups in total. The smallest absolute Gasteiger partial charge is 0.235 e. The van der Waals surface area contributed by atoms with Gasteiger partial charge in [0.05, 0.1) is 6.04 Å². The zero-order valence-corrected chi connectivity index (χ0v) is 12.1. The van der Waals surface area contributed by atoms with Crippen molar-refractivity contribution in [3.05, 3.63) is 0 Å². The molecule has 0 bridgehead atoms. The molecule has 1 fully saturated rings. The molecule has 1 amide bonds. The Morgan fingerprint density at radius 1 is 1.39 bits per heavy atom. The van der Waals surface area contributed by atoms with Crippen LogP contribution in [0.25, 0.3) is 0 Å². The molecule has 0 aromatic carbocycles. The van der Waals surface area contributed by atoms with E-state index >= 15 is 0 Å². The van der Waals surface area contributed by atoms with Crippen LogP contribution in [0.5, 0.6) is 0 Å². The maximum absolute atomic E-state index is 11.4. The van der Waals surface area contributed by atoms with Gasteiger partial charge in [0.25, 0.3) is 0 Å². The third-order valence-electron chi connectivity index (χ3n) is 3.94. The number of nitrogens with two attached hydrogens (primary N) is 1. The summed E-state index contributed by atoms with van der Waals surface area (Å²) in [5.41, 5.74) is 5.42. The molecule has 0 heterocycles. The number of likely N-dealkylation sites (N-methyl/N-ethyl adjacent to an activating group) is 1. The van der Waals surface area contributed by atoms with Crippen LogP contribution in [0.15, 0.2) is 0 Å². The van der Waals surface area contributed by atoms with Crippen LogP contribution in [0.1, 0.15) is 46.0 Å². The molecule has 4 heteroatoms. The van der Waals surface area contributed by atoms with E-state index in [9.17, 15) is 4.79 Å². The molecule has 1 aliphatic carbocycles. The zero-order valence-electron chi connectivity index (χ0n) is 12.1. The number of rotatable bonds is 8. The molecule has 0 aliphatic heterocycles. The third-order valence-corrected chi connectivity index (χ3v) is 3.94. The lowest BCUT2D eigenvalue weighted by atomic mass is 10.1. The number of primary amides is 1. The van der Waals surface area contributed by atoms with Crippen LogP contribution in [0, 0.1) is 5.92 Å². The first-order chi connectivity index (χ1) is 8.54. The summed E-state index contributed by atoms with van der Waals surface area (Å²) in [6, 6.07) is 0.428. The lowest BCUT2D eigenvalue weighted by molar-refractivity contribution is -0.120. The summed E-state index contributed by atoms with van der Waals surface area (Å²) in [7, 11) is 1.81. The van der Waals surface area contributed by atoms with E-state index in [4.69, 9.17) is 5.73 Å². The number of carbonyl (C=O) groups is 1. The molecular formula is C14H29N3O. The van der Waals surface area contributed by atoms with Gasteiger partial charge >= 0.3 is 0 Å². The summed E-state index contributed by atoms with van der Waals surface area (Å²) >= 11 is 0. The standard InChI is InChI=1S/C14H29N3O/c1-11(2)8-9-17(12-6-4-5-7-12)10-13(16-3)14(15)18/h11-13,16H,4-10H2,1-3H3,(H2,15,18). The number of carbonyl (C=O) groups excluding carboxylic acids is 1. The molecule has 1 unspecified atom stereocenters. The number of hydrogen-bond acceptors (Lipinski definition) is 3. The van der Waals surface area contributed by atoms with Crippen molar-refractivity contribution in [1.82, 2.24) is 10.2 Å². The molecule has 4 nitrogen and oxygen atoms in total. The highest BCUT2D eigenvalue weighted by atomic mass is 16.1. The van der Waals surface area contributed by atoms with E-state index in [2.05, 4.69) is 24.1 Å². The Labute approximate surface area is 111 Å². The molecule has 1 atom stereocenters. The number of hydrogen-bond donors (Lipinski definition) is 2. The van der Waals surface area contributed by atoms with Crippen molar-refractivity contribution in [2.75, 3.05) is 20.1 Å². The summed E-state index contributed by atoms with van der Waals surface area (Å²) in [6.45, 7) is 6.32. The Hall–Kier alpha value is -0.610. The van der Waals surface area contributed by atoms with Crippen molar-refractivity contribution in [1.29, 1.82) is 0 Å². The fourth-order valence-electron chi connectivity index (χ4n) is 2.67. The van der Waals surface area contributed by atoms with Crippen molar-refractivity contribution in [3.8, 4) is 0 Å². The SMILES string of the molecule is CNC(CN(CCC(C)C)C1CCCC1)C(N)=O. The van der Waals surface area contributed by atoms with Crippen LogP contribution < -0.4 is 11.1 Å². The molecule has 1 saturated carbocycles. The van der Waals surface area contributed by atoms with Gasteiger partial charge in [-0.15, -0.1) is 0 Å². The number of amides is 1. The van der Waals surface area contributed by atoms with E-state index in [-0.39, 0.29) is 11.9 Å². The van der Waals surface area contributed by atoms with E-state index < -0.39 is 0 Å². The van der Waals surface area contributed by atoms with Crippen LogP contribution in [0.2, 0.25) is 0 Å². The molecule has 1 rings (SSSR count). The van der Waals surface area contributed by atoms with Crippen molar-refractivity contribution in [2.45, 2.75) is 58.0 Å². The normalized spacial score (nSPS) is 18.7. The van der Waals surface area contributed by atoms with Crippen molar-refractivity contribution < 1.29 is 4.79 Å². The van der Waals surface area contributed by atoms with Crippen molar-refractivity contribution in [2.24, 2.45) is 11.7 Å². The van der Waals surface area contributed by atoms with Crippen LogP contribution in [-0.2, 0) is 4.79 Å². The summed E-state index contributed by atoms with van der Waals surface area (Å²) in [5, 5.41) is 3.03. The summed E-state index contributed by atoms with van der Waals surface area (Å²) in [5.74, 6) is 0.459. The average Bonchev–Trinajstić information content (AvgIpc) is 2.82. The molecule has 1 aliphatic rings. The maximum Gasteiger partial charge on any atom is 0.235 e. The topological polar surface area (TPSA) is 58.4 Å². The molecule has 0 saturated heterocycles. The minimum absolute atomic E-state index is 0.224. The first-order valence-electron chi connectivity index (χ1n) is 7.25.